The van der Waals surface area contributed by atoms with Gasteiger partial charge in [-0.25, -0.2) is 9.97 Å². The summed E-state index contributed by atoms with van der Waals surface area (Å²) in [6.07, 6.45) is 3.93. The first-order valence-electron chi connectivity index (χ1n) is 39.5. The van der Waals surface area contributed by atoms with Crippen molar-refractivity contribution < 1.29 is 13.3 Å². The molecule has 546 valence electrons. The van der Waals surface area contributed by atoms with E-state index in [1.54, 1.807) is 0 Å². The number of hydrogen-bond donors (Lipinski definition) is 0. The van der Waals surface area contributed by atoms with E-state index in [9.17, 15) is 0 Å². The third kappa shape index (κ3) is 9.55. The van der Waals surface area contributed by atoms with E-state index in [2.05, 4.69) is 343 Å². The van der Waals surface area contributed by atoms with E-state index in [-0.39, 0.29) is 0 Å². The molecule has 27 rings (SSSR count). The predicted molar refractivity (Wildman–Crippen MR) is 481 cm³/mol. The highest BCUT2D eigenvalue weighted by Gasteiger charge is 2.27. The Morgan fingerprint density at radius 3 is 1.02 bits per heavy atom. The molecule has 12 aromatic heterocycles. The quantitative estimate of drug-likeness (QED) is 0.164. The van der Waals surface area contributed by atoms with Crippen LogP contribution in [0.1, 0.15) is 0 Å². The highest BCUT2D eigenvalue weighted by atomic mass is 16.3. The van der Waals surface area contributed by atoms with E-state index in [0.717, 1.165) is 122 Å². The summed E-state index contributed by atoms with van der Waals surface area (Å²) >= 11 is 0. The lowest BCUT2D eigenvalue weighted by Crippen LogP contribution is -1.97. The van der Waals surface area contributed by atoms with Gasteiger partial charge in [-0.05, 0) is 127 Å². The van der Waals surface area contributed by atoms with E-state index >= 15 is 0 Å². The largest absolute Gasteiger partial charge is 0.456 e. The normalized spacial score (nSPS) is 12.1. The summed E-state index contributed by atoms with van der Waals surface area (Å²) in [5, 5.41) is 19.9. The van der Waals surface area contributed by atoms with Gasteiger partial charge in [0.05, 0.1) is 78.1 Å². The van der Waals surface area contributed by atoms with Gasteiger partial charge in [0.15, 0.2) is 5.58 Å². The monoisotopic (exact) mass is 1500 g/mol. The van der Waals surface area contributed by atoms with Gasteiger partial charge in [0.1, 0.15) is 39.5 Å². The highest BCUT2D eigenvalue weighted by molar-refractivity contribution is 6.29. The van der Waals surface area contributed by atoms with Gasteiger partial charge < -0.3 is 31.5 Å². The number of aromatic nitrogens is 9. The molecular weight excluding hydrogens is 1440 g/mol. The van der Waals surface area contributed by atoms with E-state index < -0.39 is 0 Å². The number of nitrogens with zero attached hydrogens (tertiary/aromatic N) is 9. The molecule has 0 spiro atoms. The van der Waals surface area contributed by atoms with Crippen molar-refractivity contribution in [3.05, 3.63) is 382 Å². The lowest BCUT2D eigenvalue weighted by Gasteiger charge is -2.10. The fourth-order valence-corrected chi connectivity index (χ4v) is 19.0. The van der Waals surface area contributed by atoms with Crippen LogP contribution < -0.4 is 0 Å². The van der Waals surface area contributed by atoms with Crippen LogP contribution in [0.4, 0.5) is 0 Å². The van der Waals surface area contributed by atoms with Crippen LogP contribution in [-0.2, 0) is 0 Å². The minimum absolute atomic E-state index is 0.651. The van der Waals surface area contributed by atoms with Gasteiger partial charge in [0.25, 0.3) is 0 Å². The SMILES string of the molecule is c1ccc(-n2c3ccccc3c3c2ccc2c4ccccc4n(-c4cc5oc6ccccc6c5cn4)c23)cc1.c1ccc(-n2c3ccccc3c3c2ccc2c4ccccc4n(-c4ccc5c(n4)oc4ccccc45)c23)cc1.c1ccc(-n2c3ccccc3c3c2ccc2c4ccccc4n(-c4cnc5c(c4)oc4ccccc45)c23)cc1. The topological polar surface area (TPSA) is 108 Å². The number of benzene rings is 15. The molecule has 0 amide bonds. The number of hydrogen-bond acceptors (Lipinski definition) is 6. The van der Waals surface area contributed by atoms with Crippen molar-refractivity contribution >= 4 is 197 Å². The van der Waals surface area contributed by atoms with E-state index in [1.165, 1.54) is 103 Å². The maximum Gasteiger partial charge on any atom is 0.229 e. The molecule has 0 fully saturated rings. The van der Waals surface area contributed by atoms with Crippen molar-refractivity contribution in [1.29, 1.82) is 0 Å². The Hall–Kier alpha value is -16.1. The Morgan fingerprint density at radius 1 is 0.188 bits per heavy atom. The van der Waals surface area contributed by atoms with Gasteiger partial charge in [0, 0.05) is 127 Å². The van der Waals surface area contributed by atoms with Crippen molar-refractivity contribution in [3.8, 4) is 34.4 Å². The second-order valence-corrected chi connectivity index (χ2v) is 30.1. The minimum atomic E-state index is 0.651. The molecule has 0 unspecified atom stereocenters. The molecule has 27 aromatic rings. The third-order valence-electron chi connectivity index (χ3n) is 23.8. The molecule has 0 saturated heterocycles. The first kappa shape index (κ1) is 64.6. The maximum atomic E-state index is 6.28. The predicted octanol–water partition coefficient (Wildman–Crippen LogP) is 27.5. The lowest BCUT2D eigenvalue weighted by molar-refractivity contribution is 0.653. The molecule has 0 atom stereocenters. The Morgan fingerprint density at radius 2 is 0.538 bits per heavy atom. The van der Waals surface area contributed by atoms with Crippen molar-refractivity contribution in [2.75, 3.05) is 0 Å². The molecule has 0 aliphatic heterocycles. The van der Waals surface area contributed by atoms with Crippen LogP contribution in [0.3, 0.4) is 0 Å². The van der Waals surface area contributed by atoms with Crippen LogP contribution >= 0.6 is 0 Å². The molecule has 0 aliphatic carbocycles. The average molecular weight is 1500 g/mol. The molecule has 0 saturated carbocycles. The summed E-state index contributed by atoms with van der Waals surface area (Å²) < 4.78 is 32.8. The van der Waals surface area contributed by atoms with Crippen LogP contribution in [0.2, 0.25) is 0 Å². The number of rotatable bonds is 6. The molecule has 0 N–H and O–H groups in total. The van der Waals surface area contributed by atoms with Gasteiger partial charge in [-0.3, -0.25) is 9.13 Å². The van der Waals surface area contributed by atoms with Crippen LogP contribution in [0, 0.1) is 0 Å². The Kier molecular flexibility index (Phi) is 13.9. The van der Waals surface area contributed by atoms with Crippen molar-refractivity contribution in [1.82, 2.24) is 42.4 Å². The zero-order valence-corrected chi connectivity index (χ0v) is 62.6. The van der Waals surface area contributed by atoms with Crippen molar-refractivity contribution in [2.45, 2.75) is 0 Å². The number of para-hydroxylation sites is 12. The zero-order chi connectivity index (χ0) is 76.5. The molecule has 0 bridgehead atoms. The van der Waals surface area contributed by atoms with E-state index in [4.69, 9.17) is 28.2 Å². The van der Waals surface area contributed by atoms with Gasteiger partial charge >= 0.3 is 0 Å². The second-order valence-electron chi connectivity index (χ2n) is 30.1. The standard InChI is InChI=1S/3C35H21N3O/c1-2-10-22(11-3-1)37-29-16-8-5-14-27(29)33-30(37)20-18-25-23-12-4-7-15-28(23)38(34(25)33)32-21-19-26-24-13-6-9-17-31(24)39-35(26)36-32;1-2-10-22(11-3-1)37-29-16-8-5-14-26(29)34-30(37)19-18-25-23-12-4-7-15-28(23)38(35(25)34)33-20-32-27(21-36-33)24-13-6-9-17-31(24)39-32;1-2-10-22(11-3-1)37-29-16-8-5-13-26(29)33-30(37)19-18-25-24-12-4-7-15-28(24)38(35(25)33)23-20-32-34(36-21-23)27-14-6-9-17-31(27)39-32/h3*1-21H. The molecule has 12 nitrogen and oxygen atoms in total. The molecule has 0 radical (unpaired) electrons. The van der Waals surface area contributed by atoms with Gasteiger partial charge in [-0.2, -0.15) is 4.98 Å². The highest BCUT2D eigenvalue weighted by Crippen LogP contribution is 2.47. The Labute approximate surface area is 665 Å². The molecular formula is C105H63N9O3. The summed E-state index contributed by atoms with van der Waals surface area (Å²) in [7, 11) is 0. The number of pyridine rings is 3. The molecule has 117 heavy (non-hydrogen) atoms. The fourth-order valence-electron chi connectivity index (χ4n) is 19.0. The Bertz CT molecular complexity index is 7980. The summed E-state index contributed by atoms with van der Waals surface area (Å²) in [6, 6.07) is 130. The molecule has 12 heteroatoms. The van der Waals surface area contributed by atoms with Crippen molar-refractivity contribution in [3.63, 3.8) is 0 Å². The zero-order valence-electron chi connectivity index (χ0n) is 62.6. The maximum absolute atomic E-state index is 6.28. The summed E-state index contributed by atoms with van der Waals surface area (Å²) in [4.78, 5) is 15.0. The Balaban J connectivity index is 0.0000000980. The summed E-state index contributed by atoms with van der Waals surface area (Å²) in [5.41, 5.74) is 24.1. The van der Waals surface area contributed by atoms with Crippen LogP contribution in [0.15, 0.2) is 396 Å². The van der Waals surface area contributed by atoms with Crippen LogP contribution in [-0.4, -0.2) is 42.4 Å². The molecule has 15 aromatic carbocycles. The summed E-state index contributed by atoms with van der Waals surface area (Å²) in [6.45, 7) is 0. The molecule has 12 heterocycles. The van der Waals surface area contributed by atoms with Crippen molar-refractivity contribution in [2.24, 2.45) is 0 Å². The van der Waals surface area contributed by atoms with E-state index in [0.29, 0.717) is 5.71 Å². The molecule has 0 aliphatic rings. The summed E-state index contributed by atoms with van der Waals surface area (Å²) in [5.74, 6) is 1.69. The first-order valence-corrected chi connectivity index (χ1v) is 39.5. The average Bonchev–Trinajstić information content (AvgIpc) is 1.55. The lowest BCUT2D eigenvalue weighted by atomic mass is 10.1. The second kappa shape index (κ2) is 25.2. The fraction of sp³-hybridized carbons (Fsp3) is 0. The number of furan rings is 3. The van der Waals surface area contributed by atoms with Gasteiger partial charge in [-0.1, -0.05) is 231 Å². The van der Waals surface area contributed by atoms with Crippen LogP contribution in [0.25, 0.3) is 231 Å². The first-order chi connectivity index (χ1) is 58.1. The third-order valence-corrected chi connectivity index (χ3v) is 23.8. The number of fused-ring (bicyclic) bond motifs is 30. The van der Waals surface area contributed by atoms with Crippen LogP contribution in [0.5, 0.6) is 0 Å². The van der Waals surface area contributed by atoms with Gasteiger partial charge in [0.2, 0.25) is 5.71 Å². The minimum Gasteiger partial charge on any atom is -0.456 e. The smallest absolute Gasteiger partial charge is 0.229 e. The van der Waals surface area contributed by atoms with E-state index in [1.807, 2.05) is 67.0 Å². The van der Waals surface area contributed by atoms with Gasteiger partial charge in [-0.15, -0.1) is 0 Å².